The van der Waals surface area contributed by atoms with Gasteiger partial charge in [0.05, 0.1) is 5.92 Å². The highest BCUT2D eigenvalue weighted by Crippen LogP contribution is 2.27. The summed E-state index contributed by atoms with van der Waals surface area (Å²) in [5, 5.41) is 10.1. The van der Waals surface area contributed by atoms with Crippen LogP contribution in [-0.2, 0) is 4.79 Å². The number of nitrogens with zero attached hydrogens (tertiary/aromatic N) is 1. The number of carbonyl (C=O) groups excluding carboxylic acids is 1. The minimum absolute atomic E-state index is 0.0543. The molecule has 5 heteroatoms. The summed E-state index contributed by atoms with van der Waals surface area (Å²) in [6.45, 7) is 4.73. The molecule has 2 aromatic rings. The number of aryl methyl sites for hydroxylation is 1. The Kier molecular flexibility index (Phi) is 3.64. The normalized spacial score (nSPS) is 22.0. The van der Waals surface area contributed by atoms with Crippen LogP contribution in [0.1, 0.15) is 29.5 Å². The molecule has 2 heterocycles. The van der Waals surface area contributed by atoms with Crippen LogP contribution in [0.25, 0.3) is 11.0 Å². The van der Waals surface area contributed by atoms with Gasteiger partial charge in [-0.15, -0.1) is 0 Å². The number of aliphatic carboxylic acids is 1. The minimum atomic E-state index is -0.779. The average Bonchev–Trinajstić information content (AvgIpc) is 2.91. The van der Waals surface area contributed by atoms with Gasteiger partial charge in [0.25, 0.3) is 5.91 Å². The number of benzene rings is 1. The van der Waals surface area contributed by atoms with Gasteiger partial charge < -0.3 is 14.4 Å². The quantitative estimate of drug-likeness (QED) is 0.926. The van der Waals surface area contributed by atoms with Crippen LogP contribution in [-0.4, -0.2) is 35.0 Å². The molecule has 22 heavy (non-hydrogen) atoms. The number of hydrogen-bond donors (Lipinski definition) is 1. The van der Waals surface area contributed by atoms with Crippen molar-refractivity contribution in [3.63, 3.8) is 0 Å². The van der Waals surface area contributed by atoms with Gasteiger partial charge in [-0.25, -0.2) is 0 Å². The molecule has 1 fully saturated rings. The largest absolute Gasteiger partial charge is 0.481 e. The molecular weight excluding hydrogens is 282 g/mol. The van der Waals surface area contributed by atoms with Crippen molar-refractivity contribution in [1.29, 1.82) is 0 Å². The van der Waals surface area contributed by atoms with Crippen LogP contribution >= 0.6 is 0 Å². The SMILES string of the molecule is Cc1cccc2cc(C(=O)N3CCC(C(=O)O)C(C)C3)oc12. The molecular formula is C17H19NO4. The zero-order valence-electron chi connectivity index (χ0n) is 12.7. The fourth-order valence-electron chi connectivity index (χ4n) is 3.17. The maximum absolute atomic E-state index is 12.6. The number of hydrogen-bond acceptors (Lipinski definition) is 3. The molecule has 1 amide bonds. The van der Waals surface area contributed by atoms with Crippen molar-refractivity contribution in [2.24, 2.45) is 11.8 Å². The lowest BCUT2D eigenvalue weighted by Gasteiger charge is -2.34. The van der Waals surface area contributed by atoms with Crippen LogP contribution in [0.15, 0.2) is 28.7 Å². The smallest absolute Gasteiger partial charge is 0.306 e. The van der Waals surface area contributed by atoms with Gasteiger partial charge in [-0.1, -0.05) is 25.1 Å². The Morgan fingerprint density at radius 1 is 1.36 bits per heavy atom. The van der Waals surface area contributed by atoms with E-state index in [0.29, 0.717) is 25.3 Å². The molecule has 0 spiro atoms. The number of rotatable bonds is 2. The van der Waals surface area contributed by atoms with E-state index >= 15 is 0 Å². The predicted molar refractivity (Wildman–Crippen MR) is 81.8 cm³/mol. The number of carbonyl (C=O) groups is 2. The maximum atomic E-state index is 12.6. The zero-order valence-corrected chi connectivity index (χ0v) is 12.7. The first-order valence-electron chi connectivity index (χ1n) is 7.48. The van der Waals surface area contributed by atoms with E-state index < -0.39 is 5.97 Å². The van der Waals surface area contributed by atoms with E-state index in [9.17, 15) is 9.59 Å². The minimum Gasteiger partial charge on any atom is -0.481 e. The van der Waals surface area contributed by atoms with Crippen LogP contribution in [0.2, 0.25) is 0 Å². The Labute approximate surface area is 128 Å². The van der Waals surface area contributed by atoms with Gasteiger partial charge >= 0.3 is 5.97 Å². The van der Waals surface area contributed by atoms with E-state index in [1.807, 2.05) is 32.0 Å². The van der Waals surface area contributed by atoms with E-state index in [0.717, 1.165) is 16.5 Å². The highest BCUT2D eigenvalue weighted by Gasteiger charge is 2.34. The molecule has 1 saturated heterocycles. The van der Waals surface area contributed by atoms with Gasteiger partial charge in [-0.05, 0) is 30.9 Å². The summed E-state index contributed by atoms with van der Waals surface area (Å²) in [6.07, 6.45) is 0.488. The van der Waals surface area contributed by atoms with Gasteiger partial charge in [0.1, 0.15) is 5.58 Å². The first-order valence-corrected chi connectivity index (χ1v) is 7.48. The monoisotopic (exact) mass is 301 g/mol. The lowest BCUT2D eigenvalue weighted by atomic mass is 9.87. The summed E-state index contributed by atoms with van der Waals surface area (Å²) in [7, 11) is 0. The van der Waals surface area contributed by atoms with Crippen LogP contribution in [0.4, 0.5) is 0 Å². The van der Waals surface area contributed by atoms with Gasteiger partial charge in [0.15, 0.2) is 5.76 Å². The third-order valence-electron chi connectivity index (χ3n) is 4.46. The van der Waals surface area contributed by atoms with Gasteiger partial charge in [-0.3, -0.25) is 9.59 Å². The summed E-state index contributed by atoms with van der Waals surface area (Å²) in [4.78, 5) is 25.4. The molecule has 3 rings (SSSR count). The summed E-state index contributed by atoms with van der Waals surface area (Å²) < 4.78 is 5.72. The van der Waals surface area contributed by atoms with Gasteiger partial charge in [0, 0.05) is 18.5 Å². The van der Waals surface area contributed by atoms with E-state index in [4.69, 9.17) is 9.52 Å². The van der Waals surface area contributed by atoms with E-state index in [-0.39, 0.29) is 17.7 Å². The topological polar surface area (TPSA) is 70.8 Å². The molecule has 5 nitrogen and oxygen atoms in total. The second-order valence-corrected chi connectivity index (χ2v) is 6.07. The van der Waals surface area contributed by atoms with Crippen molar-refractivity contribution in [2.75, 3.05) is 13.1 Å². The van der Waals surface area contributed by atoms with Crippen molar-refractivity contribution in [3.05, 3.63) is 35.6 Å². The van der Waals surface area contributed by atoms with Crippen molar-refractivity contribution < 1.29 is 19.1 Å². The van der Waals surface area contributed by atoms with E-state index in [2.05, 4.69) is 0 Å². The Bertz CT molecular complexity index is 733. The molecule has 2 atom stereocenters. The highest BCUT2D eigenvalue weighted by atomic mass is 16.4. The number of fused-ring (bicyclic) bond motifs is 1. The molecule has 1 aromatic heterocycles. The maximum Gasteiger partial charge on any atom is 0.306 e. The van der Waals surface area contributed by atoms with E-state index in [1.165, 1.54) is 0 Å². The third kappa shape index (κ3) is 2.47. The van der Waals surface area contributed by atoms with Crippen molar-refractivity contribution >= 4 is 22.8 Å². The fraction of sp³-hybridized carbons (Fsp3) is 0.412. The first kappa shape index (κ1) is 14.6. The van der Waals surface area contributed by atoms with Crippen LogP contribution in [0, 0.1) is 18.8 Å². The number of carboxylic acids is 1. The second kappa shape index (κ2) is 5.48. The van der Waals surface area contributed by atoms with E-state index in [1.54, 1.807) is 11.0 Å². The van der Waals surface area contributed by atoms with Crippen molar-refractivity contribution in [1.82, 2.24) is 4.90 Å². The first-order chi connectivity index (χ1) is 10.5. The number of piperidine rings is 1. The number of likely N-dealkylation sites (tertiary alicyclic amines) is 1. The Balaban J connectivity index is 1.81. The van der Waals surface area contributed by atoms with Crippen LogP contribution in [0.3, 0.4) is 0 Å². The fourth-order valence-corrected chi connectivity index (χ4v) is 3.17. The summed E-state index contributed by atoms with van der Waals surface area (Å²) >= 11 is 0. The molecule has 1 N–H and O–H groups in total. The Morgan fingerprint density at radius 3 is 2.77 bits per heavy atom. The number of furan rings is 1. The van der Waals surface area contributed by atoms with Crippen molar-refractivity contribution in [2.45, 2.75) is 20.3 Å². The molecule has 116 valence electrons. The molecule has 1 aliphatic rings. The van der Waals surface area contributed by atoms with Gasteiger partial charge in [-0.2, -0.15) is 0 Å². The predicted octanol–water partition coefficient (Wildman–Crippen LogP) is 2.92. The standard InChI is InChI=1S/C17H19NO4/c1-10-4-3-5-12-8-14(22-15(10)12)16(19)18-7-6-13(17(20)21)11(2)9-18/h3-5,8,11,13H,6-7,9H2,1-2H3,(H,20,21). The third-order valence-corrected chi connectivity index (χ3v) is 4.46. The summed E-state index contributed by atoms with van der Waals surface area (Å²) in [6, 6.07) is 7.56. The van der Waals surface area contributed by atoms with Crippen molar-refractivity contribution in [3.8, 4) is 0 Å². The molecule has 1 aliphatic heterocycles. The highest BCUT2D eigenvalue weighted by molar-refractivity contribution is 5.96. The molecule has 0 radical (unpaired) electrons. The second-order valence-electron chi connectivity index (χ2n) is 6.07. The van der Waals surface area contributed by atoms with Crippen LogP contribution in [0.5, 0.6) is 0 Å². The lowest BCUT2D eigenvalue weighted by Crippen LogP contribution is -2.44. The lowest BCUT2D eigenvalue weighted by molar-refractivity contribution is -0.145. The number of para-hydroxylation sites is 1. The molecule has 0 bridgehead atoms. The summed E-state index contributed by atoms with van der Waals surface area (Å²) in [5.74, 6) is -1.04. The molecule has 1 aromatic carbocycles. The molecule has 2 unspecified atom stereocenters. The summed E-state index contributed by atoms with van der Waals surface area (Å²) in [5.41, 5.74) is 1.73. The zero-order chi connectivity index (χ0) is 15.9. The Hall–Kier alpha value is -2.30. The average molecular weight is 301 g/mol. The Morgan fingerprint density at radius 2 is 2.14 bits per heavy atom. The van der Waals surface area contributed by atoms with Crippen LogP contribution < -0.4 is 0 Å². The number of carboxylic acid groups (broad SMARTS) is 1. The van der Waals surface area contributed by atoms with Gasteiger partial charge in [0.2, 0.25) is 0 Å². The molecule has 0 saturated carbocycles. The number of amides is 1. The molecule has 0 aliphatic carbocycles.